The van der Waals surface area contributed by atoms with Crippen molar-refractivity contribution >= 4 is 5.91 Å². The zero-order valence-corrected chi connectivity index (χ0v) is 11.9. The Bertz CT molecular complexity index is 507. The Labute approximate surface area is 114 Å². The van der Waals surface area contributed by atoms with Crippen LogP contribution in [0.2, 0.25) is 0 Å². The van der Waals surface area contributed by atoms with Gasteiger partial charge in [0.25, 0.3) is 0 Å². The van der Waals surface area contributed by atoms with E-state index in [0.29, 0.717) is 12.3 Å². The fourth-order valence-electron chi connectivity index (χ4n) is 2.52. The Morgan fingerprint density at radius 1 is 1.63 bits per heavy atom. The summed E-state index contributed by atoms with van der Waals surface area (Å²) in [6, 6.07) is 0.0960. The summed E-state index contributed by atoms with van der Waals surface area (Å²) in [5.41, 5.74) is 0.820. The molecule has 1 aliphatic heterocycles. The molecule has 1 saturated heterocycles. The topological polar surface area (TPSA) is 49.0 Å². The van der Waals surface area contributed by atoms with Crippen LogP contribution in [0, 0.1) is 17.8 Å². The fraction of sp³-hybridized carbons (Fsp3) is 0.600. The normalized spacial score (nSPS) is 18.5. The van der Waals surface area contributed by atoms with Gasteiger partial charge in [-0.3, -0.25) is 4.79 Å². The van der Waals surface area contributed by atoms with Gasteiger partial charge >= 0.3 is 0 Å². The summed E-state index contributed by atoms with van der Waals surface area (Å²) in [6.45, 7) is 6.79. The van der Waals surface area contributed by atoms with E-state index in [9.17, 15) is 4.79 Å². The van der Waals surface area contributed by atoms with Crippen LogP contribution in [0.3, 0.4) is 0 Å². The van der Waals surface area contributed by atoms with Crippen LogP contribution in [0.15, 0.2) is 6.20 Å². The van der Waals surface area contributed by atoms with Crippen LogP contribution < -0.4 is 0 Å². The molecule has 1 aliphatic rings. The maximum atomic E-state index is 12.2. The highest BCUT2D eigenvalue weighted by atomic mass is 16.2. The summed E-state index contributed by atoms with van der Waals surface area (Å²) in [7, 11) is 0. The first-order valence-corrected chi connectivity index (χ1v) is 6.89. The number of carbonyl (C=O) groups excluding carboxylic acids is 1. The number of hydrogen-bond donors (Lipinski definition) is 1. The van der Waals surface area contributed by atoms with Gasteiger partial charge in [0.2, 0.25) is 5.91 Å². The van der Waals surface area contributed by atoms with Crippen LogP contribution in [0.25, 0.3) is 0 Å². The third kappa shape index (κ3) is 3.17. The molecule has 1 fully saturated rings. The Morgan fingerprint density at radius 3 is 3.11 bits per heavy atom. The Morgan fingerprint density at radius 2 is 2.42 bits per heavy atom. The fourth-order valence-corrected chi connectivity index (χ4v) is 2.52. The third-order valence-electron chi connectivity index (χ3n) is 3.33. The van der Waals surface area contributed by atoms with Crippen molar-refractivity contribution in [2.24, 2.45) is 5.92 Å². The second kappa shape index (κ2) is 5.92. The molecule has 19 heavy (non-hydrogen) atoms. The Hall–Kier alpha value is -1.76. The van der Waals surface area contributed by atoms with E-state index in [1.807, 2.05) is 4.90 Å². The molecular weight excluding hydrogens is 238 g/mol. The van der Waals surface area contributed by atoms with Gasteiger partial charge in [0.15, 0.2) is 0 Å². The molecule has 0 aliphatic carbocycles. The van der Waals surface area contributed by atoms with Crippen molar-refractivity contribution < 1.29 is 4.79 Å². The SMILES string of the molecule is CC#Cc1cnc([C@@H]2CCCN2C(=O)CC(C)C)[nH]1. The van der Waals surface area contributed by atoms with Crippen molar-refractivity contribution in [3.8, 4) is 11.8 Å². The molecule has 1 atom stereocenters. The third-order valence-corrected chi connectivity index (χ3v) is 3.33. The van der Waals surface area contributed by atoms with Gasteiger partial charge in [0, 0.05) is 13.0 Å². The number of hydrogen-bond acceptors (Lipinski definition) is 2. The lowest BCUT2D eigenvalue weighted by Gasteiger charge is -2.24. The first-order chi connectivity index (χ1) is 9.11. The molecule has 1 amide bonds. The maximum Gasteiger partial charge on any atom is 0.223 e. The summed E-state index contributed by atoms with van der Waals surface area (Å²) in [5, 5.41) is 0. The van der Waals surface area contributed by atoms with Gasteiger partial charge in [-0.05, 0) is 31.6 Å². The zero-order chi connectivity index (χ0) is 13.8. The van der Waals surface area contributed by atoms with Crippen molar-refractivity contribution in [2.75, 3.05) is 6.54 Å². The molecule has 1 aromatic heterocycles. The summed E-state index contributed by atoms with van der Waals surface area (Å²) in [4.78, 5) is 21.8. The standard InChI is InChI=1S/C15H21N3O/c1-4-6-12-10-16-15(17-12)13-7-5-8-18(13)14(19)9-11(2)3/h10-11,13H,5,7-9H2,1-3H3,(H,16,17)/t13-/m0/s1. The number of likely N-dealkylation sites (tertiary alicyclic amines) is 1. The Kier molecular flexibility index (Phi) is 4.26. The van der Waals surface area contributed by atoms with E-state index in [1.165, 1.54) is 0 Å². The predicted molar refractivity (Wildman–Crippen MR) is 74.3 cm³/mol. The van der Waals surface area contributed by atoms with E-state index in [0.717, 1.165) is 30.9 Å². The average Bonchev–Trinajstić information content (AvgIpc) is 2.95. The minimum Gasteiger partial charge on any atom is -0.334 e. The van der Waals surface area contributed by atoms with Gasteiger partial charge in [-0.15, -0.1) is 0 Å². The first-order valence-electron chi connectivity index (χ1n) is 6.89. The number of imidazole rings is 1. The lowest BCUT2D eigenvalue weighted by molar-refractivity contribution is -0.133. The number of aromatic amines is 1. The zero-order valence-electron chi connectivity index (χ0n) is 11.9. The van der Waals surface area contributed by atoms with Crippen LogP contribution in [0.5, 0.6) is 0 Å². The van der Waals surface area contributed by atoms with Crippen molar-refractivity contribution in [1.29, 1.82) is 0 Å². The molecule has 102 valence electrons. The minimum absolute atomic E-state index is 0.0960. The number of amides is 1. The summed E-state index contributed by atoms with van der Waals surface area (Å²) in [5.74, 6) is 7.30. The van der Waals surface area contributed by atoms with Crippen molar-refractivity contribution in [2.45, 2.75) is 46.1 Å². The van der Waals surface area contributed by atoms with E-state index in [4.69, 9.17) is 0 Å². The maximum absolute atomic E-state index is 12.2. The number of nitrogens with zero attached hydrogens (tertiary/aromatic N) is 2. The van der Waals surface area contributed by atoms with E-state index in [-0.39, 0.29) is 11.9 Å². The average molecular weight is 259 g/mol. The number of nitrogens with one attached hydrogen (secondary N) is 1. The summed E-state index contributed by atoms with van der Waals surface area (Å²) >= 11 is 0. The molecule has 4 heteroatoms. The molecule has 0 saturated carbocycles. The molecule has 0 aromatic carbocycles. The lowest BCUT2D eigenvalue weighted by Crippen LogP contribution is -2.31. The second-order valence-corrected chi connectivity index (χ2v) is 5.40. The van der Waals surface area contributed by atoms with E-state index in [2.05, 4.69) is 35.7 Å². The molecule has 1 N–H and O–H groups in total. The Balaban J connectivity index is 2.12. The van der Waals surface area contributed by atoms with Crippen molar-refractivity contribution in [3.05, 3.63) is 17.7 Å². The van der Waals surface area contributed by atoms with Gasteiger partial charge in [-0.25, -0.2) is 4.98 Å². The molecular formula is C15H21N3O. The number of rotatable bonds is 3. The largest absolute Gasteiger partial charge is 0.334 e. The van der Waals surface area contributed by atoms with Gasteiger partial charge < -0.3 is 9.88 Å². The number of carbonyl (C=O) groups is 1. The molecule has 2 heterocycles. The second-order valence-electron chi connectivity index (χ2n) is 5.40. The van der Waals surface area contributed by atoms with Crippen molar-refractivity contribution in [3.63, 3.8) is 0 Å². The molecule has 4 nitrogen and oxygen atoms in total. The molecule has 0 spiro atoms. The molecule has 1 aromatic rings. The smallest absolute Gasteiger partial charge is 0.223 e. The lowest BCUT2D eigenvalue weighted by atomic mass is 10.1. The van der Waals surface area contributed by atoms with Gasteiger partial charge in [-0.1, -0.05) is 19.8 Å². The first kappa shape index (κ1) is 13.7. The van der Waals surface area contributed by atoms with E-state index in [1.54, 1.807) is 13.1 Å². The van der Waals surface area contributed by atoms with E-state index < -0.39 is 0 Å². The molecule has 0 radical (unpaired) electrons. The molecule has 0 bridgehead atoms. The quantitative estimate of drug-likeness (QED) is 0.848. The minimum atomic E-state index is 0.0960. The highest BCUT2D eigenvalue weighted by molar-refractivity contribution is 5.77. The van der Waals surface area contributed by atoms with Crippen LogP contribution in [-0.2, 0) is 4.79 Å². The van der Waals surface area contributed by atoms with Gasteiger partial charge in [0.1, 0.15) is 11.5 Å². The monoisotopic (exact) mass is 259 g/mol. The van der Waals surface area contributed by atoms with Crippen LogP contribution >= 0.6 is 0 Å². The van der Waals surface area contributed by atoms with Crippen LogP contribution in [0.1, 0.15) is 57.6 Å². The van der Waals surface area contributed by atoms with Crippen molar-refractivity contribution in [1.82, 2.24) is 14.9 Å². The summed E-state index contributed by atoms with van der Waals surface area (Å²) in [6.07, 6.45) is 4.38. The number of aromatic nitrogens is 2. The van der Waals surface area contributed by atoms with Gasteiger partial charge in [-0.2, -0.15) is 0 Å². The highest BCUT2D eigenvalue weighted by Crippen LogP contribution is 2.31. The van der Waals surface area contributed by atoms with Crippen LogP contribution in [0.4, 0.5) is 0 Å². The molecule has 2 rings (SSSR count). The van der Waals surface area contributed by atoms with Gasteiger partial charge in [0.05, 0.1) is 12.2 Å². The van der Waals surface area contributed by atoms with E-state index >= 15 is 0 Å². The van der Waals surface area contributed by atoms with Crippen LogP contribution in [-0.4, -0.2) is 27.3 Å². The highest BCUT2D eigenvalue weighted by Gasteiger charge is 2.31. The molecule has 0 unspecified atom stereocenters. The number of H-pyrrole nitrogens is 1. The predicted octanol–water partition coefficient (Wildman–Crippen LogP) is 2.49. The summed E-state index contributed by atoms with van der Waals surface area (Å²) < 4.78 is 0.